The van der Waals surface area contributed by atoms with E-state index in [0.29, 0.717) is 23.6 Å². The van der Waals surface area contributed by atoms with Gasteiger partial charge in [0.15, 0.2) is 11.5 Å². The van der Waals surface area contributed by atoms with E-state index in [1.807, 2.05) is 0 Å². The molecule has 1 aliphatic carbocycles. The standard InChI is InChI=1S/C23H21ClF5N7O2/c1-35-17(15-10-36(5-4-18(25)26)34-19(15)23(27,28)29)9-31-20(35)22(38)32-12-2-3-14(16(24)8-12)21(37)33-13-6-11(30)7-13/h2-4,8-11,13H,5-7,30H2,1H3,(H,32,38)(H,33,37). The van der Waals surface area contributed by atoms with E-state index >= 15 is 0 Å². The van der Waals surface area contributed by atoms with Gasteiger partial charge >= 0.3 is 6.18 Å². The van der Waals surface area contributed by atoms with Gasteiger partial charge in [-0.2, -0.15) is 27.1 Å². The quantitative estimate of drug-likeness (QED) is 0.376. The summed E-state index contributed by atoms with van der Waals surface area (Å²) in [5.41, 5.74) is 4.27. The number of carbonyl (C=O) groups excluding carboxylic acids is 2. The van der Waals surface area contributed by atoms with Crippen molar-refractivity contribution in [1.29, 1.82) is 0 Å². The zero-order valence-corrected chi connectivity index (χ0v) is 20.4. The monoisotopic (exact) mass is 557 g/mol. The van der Waals surface area contributed by atoms with E-state index < -0.39 is 36.0 Å². The molecule has 1 aliphatic rings. The Bertz CT molecular complexity index is 1410. The molecule has 0 bridgehead atoms. The Labute approximate surface area is 217 Å². The smallest absolute Gasteiger partial charge is 0.349 e. The lowest BCUT2D eigenvalue weighted by Crippen LogP contribution is -2.50. The third-order valence-corrected chi connectivity index (χ3v) is 6.22. The topological polar surface area (TPSA) is 120 Å². The van der Waals surface area contributed by atoms with Gasteiger partial charge in [-0.1, -0.05) is 11.6 Å². The number of benzene rings is 1. The summed E-state index contributed by atoms with van der Waals surface area (Å²) in [5, 5.41) is 8.80. The normalized spacial score (nSPS) is 17.1. The second kappa shape index (κ2) is 10.5. The molecule has 9 nitrogen and oxygen atoms in total. The zero-order chi connectivity index (χ0) is 27.8. The fourth-order valence-corrected chi connectivity index (χ4v) is 4.22. The lowest BCUT2D eigenvalue weighted by molar-refractivity contribution is -0.141. The Morgan fingerprint density at radius 3 is 2.55 bits per heavy atom. The highest BCUT2D eigenvalue weighted by atomic mass is 35.5. The fourth-order valence-electron chi connectivity index (χ4n) is 3.95. The summed E-state index contributed by atoms with van der Waals surface area (Å²) in [6.07, 6.45) is -3.20. The van der Waals surface area contributed by atoms with Gasteiger partial charge in [-0.3, -0.25) is 14.3 Å². The van der Waals surface area contributed by atoms with Gasteiger partial charge in [-0.15, -0.1) is 0 Å². The van der Waals surface area contributed by atoms with E-state index in [-0.39, 0.29) is 45.8 Å². The van der Waals surface area contributed by atoms with Crippen LogP contribution in [0.4, 0.5) is 27.6 Å². The van der Waals surface area contributed by atoms with Crippen LogP contribution in [0.15, 0.2) is 42.7 Å². The first-order chi connectivity index (χ1) is 17.8. The molecule has 0 atom stereocenters. The lowest BCUT2D eigenvalue weighted by atomic mass is 9.87. The molecule has 2 aromatic heterocycles. The van der Waals surface area contributed by atoms with Crippen molar-refractivity contribution in [2.75, 3.05) is 5.32 Å². The van der Waals surface area contributed by atoms with Gasteiger partial charge in [-0.05, 0) is 31.0 Å². The molecule has 1 aromatic carbocycles. The van der Waals surface area contributed by atoms with Crippen LogP contribution >= 0.6 is 11.6 Å². The van der Waals surface area contributed by atoms with Crippen LogP contribution in [0.1, 0.15) is 39.5 Å². The van der Waals surface area contributed by atoms with Crippen LogP contribution in [0, 0.1) is 0 Å². The van der Waals surface area contributed by atoms with Crippen molar-refractivity contribution in [3.63, 3.8) is 0 Å². The van der Waals surface area contributed by atoms with Crippen LogP contribution in [-0.4, -0.2) is 43.2 Å². The summed E-state index contributed by atoms with van der Waals surface area (Å²) in [7, 11) is 1.32. The molecule has 3 aromatic rings. The molecule has 15 heteroatoms. The average molecular weight is 558 g/mol. The first-order valence-electron chi connectivity index (χ1n) is 11.2. The van der Waals surface area contributed by atoms with Crippen LogP contribution in [0.25, 0.3) is 11.3 Å². The maximum atomic E-state index is 13.6. The van der Waals surface area contributed by atoms with Crippen LogP contribution in [0.3, 0.4) is 0 Å². The van der Waals surface area contributed by atoms with Gasteiger partial charge in [0, 0.05) is 37.1 Å². The third-order valence-electron chi connectivity index (χ3n) is 5.91. The van der Waals surface area contributed by atoms with Gasteiger partial charge in [0.05, 0.1) is 34.6 Å². The molecule has 4 rings (SSSR count). The Morgan fingerprint density at radius 1 is 1.24 bits per heavy atom. The van der Waals surface area contributed by atoms with E-state index in [1.165, 1.54) is 25.2 Å². The molecule has 2 heterocycles. The van der Waals surface area contributed by atoms with Crippen molar-refractivity contribution < 1.29 is 31.5 Å². The van der Waals surface area contributed by atoms with Gasteiger partial charge in [0.2, 0.25) is 0 Å². The number of halogens is 6. The first-order valence-corrected chi connectivity index (χ1v) is 11.6. The molecule has 1 fully saturated rings. The molecule has 0 unspecified atom stereocenters. The summed E-state index contributed by atoms with van der Waals surface area (Å²) in [6.45, 7) is -0.584. The second-order valence-corrected chi connectivity index (χ2v) is 9.09. The number of imidazole rings is 1. The van der Waals surface area contributed by atoms with Crippen LogP contribution in [0.2, 0.25) is 5.02 Å². The predicted molar refractivity (Wildman–Crippen MR) is 128 cm³/mol. The third kappa shape index (κ3) is 5.86. The number of aromatic nitrogens is 4. The summed E-state index contributed by atoms with van der Waals surface area (Å²) in [6, 6.07) is 4.25. The molecule has 4 N–H and O–H groups in total. The molecule has 38 heavy (non-hydrogen) atoms. The van der Waals surface area contributed by atoms with Crippen molar-refractivity contribution in [3.8, 4) is 11.3 Å². The Kier molecular flexibility index (Phi) is 7.56. The number of hydrogen-bond acceptors (Lipinski definition) is 5. The second-order valence-electron chi connectivity index (χ2n) is 8.68. The van der Waals surface area contributed by atoms with Gasteiger partial charge in [0.1, 0.15) is 0 Å². The number of hydrogen-bond donors (Lipinski definition) is 3. The minimum Gasteiger partial charge on any atom is -0.349 e. The molecule has 202 valence electrons. The minimum atomic E-state index is -4.89. The Hall–Kier alpha value is -3.78. The molecule has 2 amide bonds. The number of carbonyl (C=O) groups is 2. The van der Waals surface area contributed by atoms with Gasteiger partial charge < -0.3 is 20.9 Å². The Balaban J connectivity index is 1.53. The zero-order valence-electron chi connectivity index (χ0n) is 19.7. The highest BCUT2D eigenvalue weighted by molar-refractivity contribution is 6.34. The van der Waals surface area contributed by atoms with E-state index in [0.717, 1.165) is 17.0 Å². The minimum absolute atomic E-state index is 0.0307. The van der Waals surface area contributed by atoms with E-state index in [1.54, 1.807) is 0 Å². The highest BCUT2D eigenvalue weighted by Gasteiger charge is 2.38. The number of nitrogens with zero attached hydrogens (tertiary/aromatic N) is 4. The number of allylic oxidation sites excluding steroid dienone is 1. The van der Waals surface area contributed by atoms with Crippen molar-refractivity contribution in [2.45, 2.75) is 37.6 Å². The number of alkyl halides is 3. The molecule has 0 saturated heterocycles. The number of anilines is 1. The molecule has 0 radical (unpaired) electrons. The van der Waals surface area contributed by atoms with Crippen LogP contribution < -0.4 is 16.4 Å². The van der Waals surface area contributed by atoms with Crippen LogP contribution in [0.5, 0.6) is 0 Å². The maximum absolute atomic E-state index is 13.6. The van der Waals surface area contributed by atoms with Crippen molar-refractivity contribution in [1.82, 2.24) is 24.6 Å². The SMILES string of the molecule is Cn1c(-c2cn(CC=C(F)F)nc2C(F)(F)F)cnc1C(=O)Nc1ccc(C(=O)NC2CC(N)C2)c(Cl)c1. The van der Waals surface area contributed by atoms with Crippen molar-refractivity contribution in [2.24, 2.45) is 12.8 Å². The number of nitrogens with one attached hydrogen (secondary N) is 2. The largest absolute Gasteiger partial charge is 0.435 e. The van der Waals surface area contributed by atoms with Crippen LogP contribution in [-0.2, 0) is 19.8 Å². The fraction of sp³-hybridized carbons (Fsp3) is 0.304. The number of amides is 2. The highest BCUT2D eigenvalue weighted by Crippen LogP contribution is 2.36. The summed E-state index contributed by atoms with van der Waals surface area (Å²) < 4.78 is 67.3. The molecule has 0 aliphatic heterocycles. The average Bonchev–Trinajstić information content (AvgIpc) is 3.40. The first kappa shape index (κ1) is 27.3. The van der Waals surface area contributed by atoms with Crippen molar-refractivity contribution >= 4 is 29.1 Å². The predicted octanol–water partition coefficient (Wildman–Crippen LogP) is 4.21. The summed E-state index contributed by atoms with van der Waals surface area (Å²) >= 11 is 6.23. The van der Waals surface area contributed by atoms with E-state index in [9.17, 15) is 31.5 Å². The number of nitrogens with two attached hydrogens (primary N) is 1. The molecule has 1 saturated carbocycles. The van der Waals surface area contributed by atoms with Crippen molar-refractivity contribution in [3.05, 3.63) is 64.9 Å². The molecule has 0 spiro atoms. The molecular formula is C23H21ClF5N7O2. The number of rotatable bonds is 7. The van der Waals surface area contributed by atoms with E-state index in [4.69, 9.17) is 17.3 Å². The summed E-state index contributed by atoms with van der Waals surface area (Å²) in [5.74, 6) is -1.39. The van der Waals surface area contributed by atoms with E-state index in [2.05, 4.69) is 20.7 Å². The Morgan fingerprint density at radius 2 is 1.95 bits per heavy atom. The summed E-state index contributed by atoms with van der Waals surface area (Å²) in [4.78, 5) is 29.2. The van der Waals surface area contributed by atoms with Gasteiger partial charge in [-0.25, -0.2) is 4.98 Å². The maximum Gasteiger partial charge on any atom is 0.435 e. The molecular weight excluding hydrogens is 537 g/mol. The lowest BCUT2D eigenvalue weighted by Gasteiger charge is -2.33. The van der Waals surface area contributed by atoms with Gasteiger partial charge in [0.25, 0.3) is 17.9 Å².